The molecule has 0 saturated carbocycles. The quantitative estimate of drug-likeness (QED) is 0.0272. The summed E-state index contributed by atoms with van der Waals surface area (Å²) in [6.07, 6.45) is 21.9. The molecule has 0 aliphatic carbocycles. The average Bonchev–Trinajstić information content (AvgIpc) is 1.71. The third kappa shape index (κ3) is 108. The van der Waals surface area contributed by atoms with Crippen molar-refractivity contribution in [3.8, 4) is 5.75 Å². The van der Waals surface area contributed by atoms with Crippen molar-refractivity contribution in [3.05, 3.63) is 143 Å². The van der Waals surface area contributed by atoms with Gasteiger partial charge >= 0.3 is 0 Å². The molecule has 20 heteroatoms. The average molecular weight is 2270 g/mol. The Morgan fingerprint density at radius 3 is 1.19 bits per heavy atom. The van der Waals surface area contributed by atoms with E-state index in [0.29, 0.717) is 42.8 Å². The highest BCUT2D eigenvalue weighted by Gasteiger charge is 2.36. The molecule has 4 unspecified atom stereocenters. The number of hydrogen-bond acceptors (Lipinski definition) is 20. The minimum Gasteiger partial charge on any atom is -0.492 e. The summed E-state index contributed by atoms with van der Waals surface area (Å²) in [6.45, 7) is 112. The van der Waals surface area contributed by atoms with Gasteiger partial charge in [-0.25, -0.2) is 0 Å². The second kappa shape index (κ2) is 106. The molecule has 6 rings (SSSR count). The lowest BCUT2D eigenvalue weighted by molar-refractivity contribution is 0.283. The Balaban J connectivity index is -0.000000229. The number of hydrogen-bond donors (Lipinski definition) is 0. The molecule has 1 fully saturated rings. The lowest BCUT2D eigenvalue weighted by atomic mass is 9.87. The van der Waals surface area contributed by atoms with Gasteiger partial charge in [-0.1, -0.05) is 606 Å². The summed E-state index contributed by atoms with van der Waals surface area (Å²) >= 11 is 0. The molecule has 1 aliphatic heterocycles. The van der Waals surface area contributed by atoms with Crippen molar-refractivity contribution >= 4 is 194 Å². The summed E-state index contributed by atoms with van der Waals surface area (Å²) in [7, 11) is 35.5. The molecule has 822 valence electrons. The van der Waals surface area contributed by atoms with Gasteiger partial charge in [-0.15, -0.1) is 0 Å². The van der Waals surface area contributed by atoms with E-state index in [4.69, 9.17) is 9.15 Å². The molecule has 0 bridgehead atoms. The van der Waals surface area contributed by atoms with Crippen LogP contribution in [-0.2, 0) is 37.2 Å². The largest absolute Gasteiger partial charge is 0.492 e. The Hall–Kier alpha value is 2.26. The van der Waals surface area contributed by atoms with Crippen LogP contribution in [0.3, 0.4) is 0 Å². The van der Waals surface area contributed by atoms with Crippen molar-refractivity contribution in [3.63, 3.8) is 0 Å². The van der Waals surface area contributed by atoms with E-state index in [-0.39, 0.29) is 0 Å². The van der Waals surface area contributed by atoms with Crippen molar-refractivity contribution in [2.45, 2.75) is 525 Å². The maximum atomic E-state index is 5.85. The first-order valence-corrected chi connectivity index (χ1v) is 74.8. The molecular weight excluding hydrogens is 2040 g/mol. The van der Waals surface area contributed by atoms with Gasteiger partial charge in [0, 0.05) is 95.1 Å². The van der Waals surface area contributed by atoms with E-state index in [9.17, 15) is 0 Å². The standard InChI is InChI=1S/C14H22OS2.2C14H22S2.C13H20S2.C12H20OS2.C12H24S2.C11H24S2.C10H22S2.C9H20S2.5C2H6/c1-11(2)9-10-15-13-7-5-6-8-14(13)17-16-12(3)4;1-11(2)9-13-7-5-6-8-14(13)10-15-16-12(3)4;1-11(2)9-10-13-7-5-6-8-14(13)16-15-12(3)4;1-10(2)9-12-5-7-13(8-6-12)15-14-11(3)4;1-9(2)5-11-6-13-7-12(11)8-14-15-10(3)4;1-8(2)6-7-11-10(5)13-14-12(11)9(3)4;1-9(2)7-8-11(5,6)13-12-10(3)4;1-8(2)6-7-10(5)12-11-9(3)4;1-8(2)6-5-7-10-11-9(3)4;5*1-2/h5-8,11-12H,9-10H2,1-4H3;2*5-8,11-12H,9-10H2,1-4H3;5-8,10-11H,9H2,1-4H3;6-7,9-10H,5,8H2,1-4H3;8-12H,6-7H2,1-5H3;9-10H,7-8H2,1-6H3;8-10H,6-7H2,1-5H3;8-9H,5-7H2,1-4H3;5*1-2H3. The van der Waals surface area contributed by atoms with Crippen LogP contribution in [0.2, 0.25) is 0 Å². The van der Waals surface area contributed by atoms with Crippen molar-refractivity contribution < 1.29 is 9.15 Å². The maximum Gasteiger partial charge on any atom is 0.133 e. The molecule has 0 N–H and O–H groups in total. The fourth-order valence-electron chi connectivity index (χ4n) is 11.3. The Kier molecular flexibility index (Phi) is 119. The number of benzene rings is 4. The van der Waals surface area contributed by atoms with Gasteiger partial charge in [0.15, 0.2) is 0 Å². The molecule has 2 heterocycles. The number of ether oxygens (including phenoxy) is 1. The second-order valence-corrected chi connectivity index (χ2v) is 67.9. The Morgan fingerprint density at radius 2 is 0.741 bits per heavy atom. The van der Waals surface area contributed by atoms with Crippen LogP contribution in [-0.4, -0.2) is 74.9 Å². The molecule has 1 aromatic heterocycles. The normalized spacial score (nSPS) is 13.4. The summed E-state index contributed by atoms with van der Waals surface area (Å²) in [4.78, 5) is 4.04. The Bertz CT molecular complexity index is 3220. The monoisotopic (exact) mass is 2260 g/mol. The number of furan rings is 1. The van der Waals surface area contributed by atoms with Gasteiger partial charge in [-0.05, 0) is 214 Å². The fraction of sp³-hybridized carbons (Fsp3) is 0.765. The number of aryl methyl sites for hydroxylation is 1. The highest BCUT2D eigenvalue weighted by molar-refractivity contribution is 8.79. The van der Waals surface area contributed by atoms with E-state index in [1.807, 2.05) is 250 Å². The molecule has 0 radical (unpaired) electrons. The van der Waals surface area contributed by atoms with Crippen molar-refractivity contribution in [2.75, 3.05) is 12.4 Å². The fourth-order valence-corrected chi connectivity index (χ4v) is 32.0. The molecular formula is C119H226O2S18. The minimum absolute atomic E-state index is 0.444. The van der Waals surface area contributed by atoms with E-state index in [1.165, 1.54) is 131 Å². The van der Waals surface area contributed by atoms with Crippen LogP contribution in [0.4, 0.5) is 0 Å². The molecule has 1 aliphatic rings. The lowest BCUT2D eigenvalue weighted by Gasteiger charge is -2.24. The smallest absolute Gasteiger partial charge is 0.133 e. The zero-order chi connectivity index (χ0) is 109. The molecule has 4 aromatic carbocycles. The summed E-state index contributed by atoms with van der Waals surface area (Å²) in [5, 5.41) is 8.26. The first-order chi connectivity index (χ1) is 65.4. The van der Waals surface area contributed by atoms with Gasteiger partial charge in [0.2, 0.25) is 0 Å². The Labute approximate surface area is 944 Å². The zero-order valence-corrected chi connectivity index (χ0v) is 114. The number of rotatable bonds is 52. The van der Waals surface area contributed by atoms with E-state index < -0.39 is 0 Å². The van der Waals surface area contributed by atoms with Crippen LogP contribution in [0.1, 0.15) is 444 Å². The highest BCUT2D eigenvalue weighted by atomic mass is 33.1. The second-order valence-electron chi connectivity index (χ2n) is 40.8. The SMILES string of the molecule is CC.CC.CC.CC.CC.CC(C)CCC(C)(C)SSC(C)C.CC(C)CCC(C)SSC(C)C.CC(C)CCC1C(C)SSC1C(C)C.CC(C)CCCSSC(C)C.CC(C)CCOc1ccccc1SSC(C)C.CC(C)CCc1ccccc1SSC(C)C.CC(C)Cc1ccc(SSC(C)C)cc1.CC(C)Cc1ccccc1CSSC(C)C.CC(C)Cc1cocc1CSSC(C)C. The van der Waals surface area contributed by atoms with Crippen LogP contribution in [0.15, 0.2) is 129 Å². The molecule has 0 spiro atoms. The van der Waals surface area contributed by atoms with Gasteiger partial charge in [0.05, 0.1) is 24.0 Å². The summed E-state index contributed by atoms with van der Waals surface area (Å²) in [5.41, 5.74) is 8.73. The van der Waals surface area contributed by atoms with E-state index in [0.717, 1.165) is 121 Å². The Morgan fingerprint density at radius 1 is 0.338 bits per heavy atom. The van der Waals surface area contributed by atoms with Crippen LogP contribution in [0, 0.1) is 65.1 Å². The van der Waals surface area contributed by atoms with Crippen molar-refractivity contribution in [2.24, 2.45) is 65.1 Å². The van der Waals surface area contributed by atoms with Gasteiger partial charge in [-0.2, -0.15) is 0 Å². The van der Waals surface area contributed by atoms with Crippen LogP contribution in [0.25, 0.3) is 0 Å². The van der Waals surface area contributed by atoms with E-state index in [1.54, 1.807) is 10.8 Å². The van der Waals surface area contributed by atoms with Crippen LogP contribution in [0.5, 0.6) is 5.75 Å². The molecule has 1 saturated heterocycles. The summed E-state index contributed by atoms with van der Waals surface area (Å²) in [6, 6.07) is 34.9. The first kappa shape index (κ1) is 156. The van der Waals surface area contributed by atoms with Gasteiger partial charge in [0.1, 0.15) is 5.75 Å². The molecule has 0 amide bonds. The van der Waals surface area contributed by atoms with E-state index in [2.05, 4.69) is 390 Å². The predicted octanol–water partition coefficient (Wildman–Crippen LogP) is 49.4. The van der Waals surface area contributed by atoms with Gasteiger partial charge < -0.3 is 9.15 Å². The topological polar surface area (TPSA) is 22.4 Å². The summed E-state index contributed by atoms with van der Waals surface area (Å²) in [5.74, 6) is 13.4. The summed E-state index contributed by atoms with van der Waals surface area (Å²) < 4.78 is 11.6. The first-order valence-electron chi connectivity index (χ1n) is 54.3. The lowest BCUT2D eigenvalue weighted by Crippen LogP contribution is -2.24. The van der Waals surface area contributed by atoms with Crippen molar-refractivity contribution in [1.29, 1.82) is 0 Å². The molecule has 5 aromatic rings. The van der Waals surface area contributed by atoms with Crippen LogP contribution < -0.4 is 4.74 Å². The van der Waals surface area contributed by atoms with Crippen molar-refractivity contribution in [1.82, 2.24) is 0 Å². The van der Waals surface area contributed by atoms with Crippen LogP contribution >= 0.6 is 194 Å². The zero-order valence-electron chi connectivity index (χ0n) is 99.5. The van der Waals surface area contributed by atoms with E-state index >= 15 is 0 Å². The highest BCUT2D eigenvalue weighted by Crippen LogP contribution is 2.52. The molecule has 2 nitrogen and oxygen atoms in total. The minimum atomic E-state index is 0.444. The number of para-hydroxylation sites is 1. The molecule has 4 atom stereocenters. The third-order valence-corrected chi connectivity index (χ3v) is 47.2. The third-order valence-electron chi connectivity index (χ3n) is 18.2. The van der Waals surface area contributed by atoms with Gasteiger partial charge in [-0.3, -0.25) is 0 Å². The molecule has 139 heavy (non-hydrogen) atoms. The maximum absolute atomic E-state index is 5.85. The predicted molar refractivity (Wildman–Crippen MR) is 701 cm³/mol. The van der Waals surface area contributed by atoms with Gasteiger partial charge in [0.25, 0.3) is 0 Å².